The summed E-state index contributed by atoms with van der Waals surface area (Å²) in [4.78, 5) is 51.5. The van der Waals surface area contributed by atoms with Gasteiger partial charge >= 0.3 is 23.9 Å². The standard InChI is InChI=1S/C56H64F2O9/c1-3-5-7-9-11-13-14-15-17-19-22-41-25-27-42(28-26-41)53(59)64-45-32-29-43(30-33-45)54(60)65-46-23-21-24-47(39-46)67-56(62)49-35-34-48(40-50(49)57)66-55(61)44-31-36-52(51(58)38-44)63-37-20-18-16-12-10-8-6-4-2/h21,23-36,38-40H,3-20,22,37H2,1-2H3. The maximum absolute atomic E-state index is 15.1. The molecule has 5 aromatic rings. The number of unbranched alkanes of at least 4 members (excludes halogenated alkanes) is 16. The number of halogens is 2. The maximum Gasteiger partial charge on any atom is 0.346 e. The van der Waals surface area contributed by atoms with Gasteiger partial charge in [-0.1, -0.05) is 135 Å². The molecule has 0 unspecified atom stereocenters. The Labute approximate surface area is 394 Å². The van der Waals surface area contributed by atoms with Gasteiger partial charge in [0.2, 0.25) is 0 Å². The summed E-state index contributed by atoms with van der Waals surface area (Å²) in [7, 11) is 0. The highest BCUT2D eigenvalue weighted by molar-refractivity contribution is 5.94. The molecule has 0 aliphatic heterocycles. The van der Waals surface area contributed by atoms with Crippen LogP contribution in [0.4, 0.5) is 8.78 Å². The number of esters is 4. The molecule has 0 radical (unpaired) electrons. The molecule has 9 nitrogen and oxygen atoms in total. The number of hydrogen-bond acceptors (Lipinski definition) is 9. The first-order valence-electron chi connectivity index (χ1n) is 24.0. The van der Waals surface area contributed by atoms with Crippen molar-refractivity contribution in [3.8, 4) is 28.7 Å². The van der Waals surface area contributed by atoms with Crippen LogP contribution in [0.2, 0.25) is 0 Å². The van der Waals surface area contributed by atoms with Gasteiger partial charge in [0.15, 0.2) is 11.6 Å². The highest BCUT2D eigenvalue weighted by atomic mass is 19.1. The van der Waals surface area contributed by atoms with Gasteiger partial charge in [0.1, 0.15) is 28.8 Å². The zero-order chi connectivity index (χ0) is 47.6. The Morgan fingerprint density at radius 3 is 1.40 bits per heavy atom. The summed E-state index contributed by atoms with van der Waals surface area (Å²) in [6.45, 7) is 4.78. The van der Waals surface area contributed by atoms with Gasteiger partial charge in [0, 0.05) is 12.1 Å². The molecule has 0 N–H and O–H groups in total. The average molecular weight is 919 g/mol. The summed E-state index contributed by atoms with van der Waals surface area (Å²) < 4.78 is 57.0. The molecule has 67 heavy (non-hydrogen) atoms. The Morgan fingerprint density at radius 2 is 0.851 bits per heavy atom. The molecule has 0 heterocycles. The molecule has 0 atom stereocenters. The molecule has 0 bridgehead atoms. The van der Waals surface area contributed by atoms with E-state index in [-0.39, 0.29) is 39.9 Å². The number of benzene rings is 5. The van der Waals surface area contributed by atoms with E-state index in [4.69, 9.17) is 23.7 Å². The van der Waals surface area contributed by atoms with Gasteiger partial charge in [-0.05, 0) is 104 Å². The first kappa shape index (κ1) is 51.6. The molecule has 0 aromatic heterocycles. The number of carbonyl (C=O) groups excluding carboxylic acids is 4. The summed E-state index contributed by atoms with van der Waals surface area (Å²) >= 11 is 0. The van der Waals surface area contributed by atoms with Crippen LogP contribution in [0.15, 0.2) is 109 Å². The van der Waals surface area contributed by atoms with Crippen LogP contribution < -0.4 is 23.7 Å². The van der Waals surface area contributed by atoms with Gasteiger partial charge in [0.25, 0.3) is 0 Å². The van der Waals surface area contributed by atoms with Crippen molar-refractivity contribution in [3.05, 3.63) is 149 Å². The lowest BCUT2D eigenvalue weighted by Crippen LogP contribution is -2.13. The lowest BCUT2D eigenvalue weighted by molar-refractivity contribution is 0.0720. The predicted molar refractivity (Wildman–Crippen MR) is 256 cm³/mol. The van der Waals surface area contributed by atoms with E-state index in [1.54, 1.807) is 12.1 Å². The Bertz CT molecular complexity index is 2320. The molecule has 0 fully saturated rings. The Morgan fingerprint density at radius 1 is 0.403 bits per heavy atom. The normalized spacial score (nSPS) is 10.9. The Kier molecular flexibility index (Phi) is 22.1. The molecule has 0 saturated carbocycles. The molecule has 5 aromatic carbocycles. The molecule has 0 aliphatic rings. The first-order chi connectivity index (χ1) is 32.6. The molecule has 5 rings (SSSR count). The van der Waals surface area contributed by atoms with Gasteiger partial charge in [-0.2, -0.15) is 0 Å². The van der Waals surface area contributed by atoms with Crippen molar-refractivity contribution in [1.82, 2.24) is 0 Å². The van der Waals surface area contributed by atoms with Crippen molar-refractivity contribution in [2.75, 3.05) is 6.61 Å². The zero-order valence-corrected chi connectivity index (χ0v) is 39.0. The van der Waals surface area contributed by atoms with E-state index in [0.717, 1.165) is 50.3 Å². The quantitative estimate of drug-likeness (QED) is 0.0263. The predicted octanol–water partition coefficient (Wildman–Crippen LogP) is 14.8. The minimum absolute atomic E-state index is 0.0226. The van der Waals surface area contributed by atoms with Gasteiger partial charge in [0.05, 0.1) is 28.9 Å². The summed E-state index contributed by atoms with van der Waals surface area (Å²) in [6, 6.07) is 25.8. The third-order valence-electron chi connectivity index (χ3n) is 11.3. The van der Waals surface area contributed by atoms with Crippen LogP contribution in [0, 0.1) is 11.6 Å². The first-order valence-corrected chi connectivity index (χ1v) is 24.0. The zero-order valence-electron chi connectivity index (χ0n) is 39.0. The second kappa shape index (κ2) is 28.6. The SMILES string of the molecule is CCCCCCCCCCCCc1ccc(C(=O)Oc2ccc(C(=O)Oc3cccc(OC(=O)c4ccc(OC(=O)c5ccc(OCCCCCCCCCC)c(F)c5)cc4F)c3)cc2)cc1. The van der Waals surface area contributed by atoms with E-state index >= 15 is 4.39 Å². The maximum atomic E-state index is 15.1. The van der Waals surface area contributed by atoms with E-state index < -0.39 is 41.1 Å². The third-order valence-corrected chi connectivity index (χ3v) is 11.3. The number of aryl methyl sites for hydroxylation is 1. The van der Waals surface area contributed by atoms with Crippen LogP contribution in [0.25, 0.3) is 0 Å². The van der Waals surface area contributed by atoms with Crippen molar-refractivity contribution >= 4 is 23.9 Å². The van der Waals surface area contributed by atoms with Crippen LogP contribution in [0.5, 0.6) is 28.7 Å². The molecule has 0 aliphatic carbocycles. The van der Waals surface area contributed by atoms with E-state index in [1.807, 2.05) is 12.1 Å². The molecular weight excluding hydrogens is 855 g/mol. The van der Waals surface area contributed by atoms with Gasteiger partial charge in [-0.25, -0.2) is 28.0 Å². The van der Waals surface area contributed by atoms with E-state index in [2.05, 4.69) is 13.8 Å². The van der Waals surface area contributed by atoms with E-state index in [0.29, 0.717) is 12.2 Å². The summed E-state index contributed by atoms with van der Waals surface area (Å²) in [5, 5.41) is 0. The largest absolute Gasteiger partial charge is 0.491 e. The monoisotopic (exact) mass is 918 g/mol. The molecule has 356 valence electrons. The minimum atomic E-state index is -1.06. The summed E-state index contributed by atoms with van der Waals surface area (Å²) in [5.74, 6) is -4.92. The molecule has 0 amide bonds. The van der Waals surface area contributed by atoms with Crippen LogP contribution in [-0.2, 0) is 6.42 Å². The lowest BCUT2D eigenvalue weighted by Gasteiger charge is -2.10. The lowest BCUT2D eigenvalue weighted by atomic mass is 10.0. The highest BCUT2D eigenvalue weighted by Crippen LogP contribution is 2.26. The number of carbonyl (C=O) groups is 4. The highest BCUT2D eigenvalue weighted by Gasteiger charge is 2.19. The summed E-state index contributed by atoms with van der Waals surface area (Å²) in [6.07, 6.45) is 22.8. The second-order valence-electron chi connectivity index (χ2n) is 16.8. The Hall–Kier alpha value is -6.36. The van der Waals surface area contributed by atoms with E-state index in [1.165, 1.54) is 162 Å². The molecule has 11 heteroatoms. The topological polar surface area (TPSA) is 114 Å². The number of rotatable bonds is 29. The van der Waals surface area contributed by atoms with Crippen LogP contribution in [0.1, 0.15) is 176 Å². The molecule has 0 saturated heterocycles. The smallest absolute Gasteiger partial charge is 0.346 e. The van der Waals surface area contributed by atoms with Crippen molar-refractivity contribution < 1.29 is 51.6 Å². The summed E-state index contributed by atoms with van der Waals surface area (Å²) in [5.41, 5.74) is 1.20. The van der Waals surface area contributed by atoms with Crippen LogP contribution in [0.3, 0.4) is 0 Å². The average Bonchev–Trinajstić information content (AvgIpc) is 3.32. The van der Waals surface area contributed by atoms with Crippen molar-refractivity contribution in [1.29, 1.82) is 0 Å². The van der Waals surface area contributed by atoms with Crippen LogP contribution in [-0.4, -0.2) is 30.5 Å². The second-order valence-corrected chi connectivity index (χ2v) is 16.8. The molecular formula is C56H64F2O9. The molecule has 0 spiro atoms. The fraction of sp³-hybridized carbons (Fsp3) is 0.393. The minimum Gasteiger partial charge on any atom is -0.491 e. The van der Waals surface area contributed by atoms with E-state index in [9.17, 15) is 23.6 Å². The van der Waals surface area contributed by atoms with Gasteiger partial charge < -0.3 is 23.7 Å². The van der Waals surface area contributed by atoms with Crippen molar-refractivity contribution in [3.63, 3.8) is 0 Å². The Balaban J connectivity index is 1.03. The fourth-order valence-electron chi connectivity index (χ4n) is 7.43. The van der Waals surface area contributed by atoms with Crippen LogP contribution >= 0.6 is 0 Å². The van der Waals surface area contributed by atoms with Crippen molar-refractivity contribution in [2.24, 2.45) is 0 Å². The van der Waals surface area contributed by atoms with Gasteiger partial charge in [-0.3, -0.25) is 0 Å². The number of hydrogen-bond donors (Lipinski definition) is 0. The number of ether oxygens (including phenoxy) is 5. The van der Waals surface area contributed by atoms with Gasteiger partial charge in [-0.15, -0.1) is 0 Å². The van der Waals surface area contributed by atoms with Crippen molar-refractivity contribution in [2.45, 2.75) is 136 Å². The fourth-order valence-corrected chi connectivity index (χ4v) is 7.43. The third kappa shape index (κ3) is 18.1.